The second-order valence-corrected chi connectivity index (χ2v) is 6.17. The molecule has 1 unspecified atom stereocenters. The first-order valence-electron chi connectivity index (χ1n) is 7.05. The third kappa shape index (κ3) is 3.87. The first-order chi connectivity index (χ1) is 9.74. The van der Waals surface area contributed by atoms with Crippen molar-refractivity contribution in [2.45, 2.75) is 19.5 Å². The second kappa shape index (κ2) is 7.86. The van der Waals surface area contributed by atoms with Gasteiger partial charge in [-0.3, -0.25) is 0 Å². The zero-order valence-electron chi connectivity index (χ0n) is 12.2. The Kier molecular flexibility index (Phi) is 6.13. The molecule has 1 aromatic rings. The molecular formula is C15H23FN2OS. The van der Waals surface area contributed by atoms with Crippen molar-refractivity contribution in [2.75, 3.05) is 43.2 Å². The van der Waals surface area contributed by atoms with Crippen LogP contribution < -0.4 is 10.2 Å². The van der Waals surface area contributed by atoms with Crippen LogP contribution in [0.4, 0.5) is 10.1 Å². The van der Waals surface area contributed by atoms with E-state index < -0.39 is 0 Å². The Balaban J connectivity index is 2.12. The van der Waals surface area contributed by atoms with Crippen molar-refractivity contribution >= 4 is 17.4 Å². The summed E-state index contributed by atoms with van der Waals surface area (Å²) in [6.45, 7) is 5.11. The van der Waals surface area contributed by atoms with Gasteiger partial charge in [-0.15, -0.1) is 0 Å². The molecule has 0 aliphatic carbocycles. The van der Waals surface area contributed by atoms with E-state index in [0.29, 0.717) is 19.2 Å². The van der Waals surface area contributed by atoms with Crippen LogP contribution in [-0.4, -0.2) is 44.4 Å². The average Bonchev–Trinajstić information content (AvgIpc) is 2.45. The monoisotopic (exact) mass is 298 g/mol. The summed E-state index contributed by atoms with van der Waals surface area (Å²) < 4.78 is 19.1. The minimum atomic E-state index is -0.127. The molecular weight excluding hydrogens is 275 g/mol. The summed E-state index contributed by atoms with van der Waals surface area (Å²) in [4.78, 5) is 2.33. The van der Waals surface area contributed by atoms with Crippen LogP contribution in [0.15, 0.2) is 18.2 Å². The van der Waals surface area contributed by atoms with Crippen LogP contribution >= 0.6 is 11.8 Å². The van der Waals surface area contributed by atoms with Crippen molar-refractivity contribution in [1.29, 1.82) is 0 Å². The molecule has 1 aliphatic heterocycles. The number of hydrogen-bond acceptors (Lipinski definition) is 4. The van der Waals surface area contributed by atoms with E-state index in [0.717, 1.165) is 35.8 Å². The van der Waals surface area contributed by atoms with Crippen LogP contribution in [-0.2, 0) is 11.3 Å². The molecule has 0 bridgehead atoms. The summed E-state index contributed by atoms with van der Waals surface area (Å²) >= 11 is 1.97. The van der Waals surface area contributed by atoms with Crippen LogP contribution in [0.2, 0.25) is 0 Å². The lowest BCUT2D eigenvalue weighted by molar-refractivity contribution is 0.199. The third-order valence-corrected chi connectivity index (χ3v) is 4.75. The number of hydrogen-bond donors (Lipinski definition) is 1. The van der Waals surface area contributed by atoms with E-state index in [1.54, 1.807) is 19.2 Å². The molecule has 0 radical (unpaired) electrons. The van der Waals surface area contributed by atoms with Gasteiger partial charge in [0.15, 0.2) is 0 Å². The second-order valence-electron chi connectivity index (χ2n) is 5.02. The predicted octanol–water partition coefficient (Wildman–Crippen LogP) is 2.50. The fourth-order valence-corrected chi connectivity index (χ4v) is 3.48. The van der Waals surface area contributed by atoms with Crippen LogP contribution in [0.25, 0.3) is 0 Å². The van der Waals surface area contributed by atoms with Crippen molar-refractivity contribution in [2.24, 2.45) is 0 Å². The molecule has 1 atom stereocenters. The molecule has 112 valence electrons. The van der Waals surface area contributed by atoms with Gasteiger partial charge in [-0.25, -0.2) is 4.39 Å². The predicted molar refractivity (Wildman–Crippen MR) is 84.1 cm³/mol. The topological polar surface area (TPSA) is 24.5 Å². The number of benzene rings is 1. The number of nitrogens with one attached hydrogen (secondary N) is 1. The Hall–Kier alpha value is -0.780. The highest BCUT2D eigenvalue weighted by atomic mass is 32.2. The standard InChI is InChI=1S/C15H23FN2OS/c1-12-11-20-9-7-18(12)15-5-3-4-14(16)13(15)10-17-6-8-19-2/h3-5,12,17H,6-11H2,1-2H3. The maximum Gasteiger partial charge on any atom is 0.129 e. The quantitative estimate of drug-likeness (QED) is 0.816. The fourth-order valence-electron chi connectivity index (χ4n) is 2.46. The molecule has 0 spiro atoms. The Morgan fingerprint density at radius 1 is 1.50 bits per heavy atom. The van der Waals surface area contributed by atoms with E-state index in [1.165, 1.54) is 0 Å². The molecule has 5 heteroatoms. The summed E-state index contributed by atoms with van der Waals surface area (Å²) in [5.74, 6) is 2.09. The molecule has 1 saturated heterocycles. The number of nitrogens with zero attached hydrogens (tertiary/aromatic N) is 1. The average molecular weight is 298 g/mol. The number of ether oxygens (including phenoxy) is 1. The van der Waals surface area contributed by atoms with Gasteiger partial charge < -0.3 is 15.0 Å². The highest BCUT2D eigenvalue weighted by Gasteiger charge is 2.22. The summed E-state index contributed by atoms with van der Waals surface area (Å²) in [6.07, 6.45) is 0. The molecule has 0 aromatic heterocycles. The van der Waals surface area contributed by atoms with Crippen molar-refractivity contribution in [1.82, 2.24) is 5.32 Å². The van der Waals surface area contributed by atoms with Crippen molar-refractivity contribution < 1.29 is 9.13 Å². The van der Waals surface area contributed by atoms with Gasteiger partial charge in [-0.2, -0.15) is 11.8 Å². The molecule has 3 nitrogen and oxygen atoms in total. The number of anilines is 1. The Morgan fingerprint density at radius 3 is 3.10 bits per heavy atom. The van der Waals surface area contributed by atoms with E-state index in [-0.39, 0.29) is 5.82 Å². The molecule has 1 N–H and O–H groups in total. The Bertz CT molecular complexity index is 430. The maximum atomic E-state index is 14.1. The summed E-state index contributed by atoms with van der Waals surface area (Å²) in [7, 11) is 1.67. The summed E-state index contributed by atoms with van der Waals surface area (Å²) in [5, 5.41) is 3.24. The number of methoxy groups -OCH3 is 1. The van der Waals surface area contributed by atoms with E-state index >= 15 is 0 Å². The first kappa shape index (κ1) is 15.6. The van der Waals surface area contributed by atoms with Crippen LogP contribution in [0.5, 0.6) is 0 Å². The van der Waals surface area contributed by atoms with Crippen molar-refractivity contribution in [3.05, 3.63) is 29.6 Å². The Labute approximate surface area is 124 Å². The fraction of sp³-hybridized carbons (Fsp3) is 0.600. The third-order valence-electron chi connectivity index (χ3n) is 3.56. The van der Waals surface area contributed by atoms with Gasteiger partial charge in [0.05, 0.1) is 6.61 Å². The van der Waals surface area contributed by atoms with E-state index in [9.17, 15) is 4.39 Å². The number of thioether (sulfide) groups is 1. The Morgan fingerprint density at radius 2 is 2.35 bits per heavy atom. The molecule has 0 saturated carbocycles. The molecule has 1 fully saturated rings. The van der Waals surface area contributed by atoms with E-state index in [1.807, 2.05) is 17.8 Å². The van der Waals surface area contributed by atoms with Gasteiger partial charge in [0.1, 0.15) is 5.82 Å². The van der Waals surface area contributed by atoms with Crippen molar-refractivity contribution in [3.63, 3.8) is 0 Å². The molecule has 0 amide bonds. The van der Waals surface area contributed by atoms with E-state index in [4.69, 9.17) is 4.74 Å². The van der Waals surface area contributed by atoms with Crippen molar-refractivity contribution in [3.8, 4) is 0 Å². The summed E-state index contributed by atoms with van der Waals surface area (Å²) in [6, 6.07) is 5.83. The van der Waals surface area contributed by atoms with Crippen LogP contribution in [0.1, 0.15) is 12.5 Å². The van der Waals surface area contributed by atoms with E-state index in [2.05, 4.69) is 17.1 Å². The molecule has 1 aromatic carbocycles. The number of halogens is 1. The zero-order valence-corrected chi connectivity index (χ0v) is 13.0. The van der Waals surface area contributed by atoms with Gasteiger partial charge >= 0.3 is 0 Å². The van der Waals surface area contributed by atoms with Crippen LogP contribution in [0, 0.1) is 5.82 Å². The smallest absolute Gasteiger partial charge is 0.129 e. The lowest BCUT2D eigenvalue weighted by Crippen LogP contribution is -2.41. The minimum absolute atomic E-state index is 0.127. The van der Waals surface area contributed by atoms with Gasteiger partial charge in [0, 0.05) is 55.5 Å². The van der Waals surface area contributed by atoms with Gasteiger partial charge in [-0.1, -0.05) is 6.07 Å². The molecule has 1 heterocycles. The molecule has 2 rings (SSSR count). The largest absolute Gasteiger partial charge is 0.383 e. The number of rotatable bonds is 6. The normalized spacial score (nSPS) is 19.4. The minimum Gasteiger partial charge on any atom is -0.383 e. The zero-order chi connectivity index (χ0) is 14.4. The lowest BCUT2D eigenvalue weighted by Gasteiger charge is -2.36. The van der Waals surface area contributed by atoms with Gasteiger partial charge in [0.2, 0.25) is 0 Å². The van der Waals surface area contributed by atoms with Gasteiger partial charge in [-0.05, 0) is 19.1 Å². The summed E-state index contributed by atoms with van der Waals surface area (Å²) in [5.41, 5.74) is 1.80. The highest BCUT2D eigenvalue weighted by Crippen LogP contribution is 2.28. The van der Waals surface area contributed by atoms with Crippen LogP contribution in [0.3, 0.4) is 0 Å². The molecule has 20 heavy (non-hydrogen) atoms. The highest BCUT2D eigenvalue weighted by molar-refractivity contribution is 7.99. The maximum absolute atomic E-state index is 14.1. The first-order valence-corrected chi connectivity index (χ1v) is 8.21. The SMILES string of the molecule is COCCNCc1c(F)cccc1N1CCSCC1C. The van der Waals surface area contributed by atoms with Gasteiger partial charge in [0.25, 0.3) is 0 Å². The lowest BCUT2D eigenvalue weighted by atomic mass is 10.1. The molecule has 1 aliphatic rings.